The molecule has 0 bridgehead atoms. The van der Waals surface area contributed by atoms with Gasteiger partial charge in [-0.05, 0) is 30.2 Å². The quantitative estimate of drug-likeness (QED) is 0.784. The van der Waals surface area contributed by atoms with Gasteiger partial charge >= 0.3 is 0 Å². The summed E-state index contributed by atoms with van der Waals surface area (Å²) in [5, 5.41) is 4.96. The van der Waals surface area contributed by atoms with Crippen LogP contribution in [0.15, 0.2) is 71.9 Å². The van der Waals surface area contributed by atoms with Gasteiger partial charge in [0, 0.05) is 35.6 Å². The number of pyridine rings is 1. The summed E-state index contributed by atoms with van der Waals surface area (Å²) in [6.45, 7) is 1.55. The molecule has 0 aliphatic carbocycles. The number of aromatic nitrogens is 1. The molecule has 2 atom stereocenters. The third-order valence-corrected chi connectivity index (χ3v) is 6.87. The lowest BCUT2D eigenvalue weighted by Crippen LogP contribution is -2.22. The van der Waals surface area contributed by atoms with E-state index in [-0.39, 0.29) is 17.6 Å². The van der Waals surface area contributed by atoms with Gasteiger partial charge in [0.15, 0.2) is 9.84 Å². The van der Waals surface area contributed by atoms with Gasteiger partial charge in [-0.1, -0.05) is 42.5 Å². The van der Waals surface area contributed by atoms with Crippen LogP contribution in [0.25, 0.3) is 10.8 Å². The first-order chi connectivity index (χ1) is 12.1. The Balaban J connectivity index is 1.67. The van der Waals surface area contributed by atoms with Gasteiger partial charge in [0.25, 0.3) is 0 Å². The number of nitrogens with zero attached hydrogens (tertiary/aromatic N) is 1. The number of fused-ring (bicyclic) bond motifs is 1. The first kappa shape index (κ1) is 16.2. The maximum atomic E-state index is 13.1. The largest absolute Gasteiger partial charge is 0.316 e. The molecule has 0 saturated carbocycles. The van der Waals surface area contributed by atoms with Gasteiger partial charge in [0.05, 0.1) is 10.6 Å². The van der Waals surface area contributed by atoms with Gasteiger partial charge in [-0.2, -0.15) is 0 Å². The van der Waals surface area contributed by atoms with Crippen LogP contribution >= 0.6 is 0 Å². The van der Waals surface area contributed by atoms with Gasteiger partial charge in [-0.15, -0.1) is 0 Å². The highest BCUT2D eigenvalue weighted by atomic mass is 32.2. The number of hydrogen-bond donors (Lipinski definition) is 1. The maximum Gasteiger partial charge on any atom is 0.179 e. The fourth-order valence-electron chi connectivity index (χ4n) is 3.73. The molecule has 1 aliphatic rings. The van der Waals surface area contributed by atoms with E-state index >= 15 is 0 Å². The molecule has 0 spiro atoms. The Morgan fingerprint density at radius 2 is 1.84 bits per heavy atom. The van der Waals surface area contributed by atoms with Crippen molar-refractivity contribution in [2.75, 3.05) is 18.8 Å². The maximum absolute atomic E-state index is 13.1. The van der Waals surface area contributed by atoms with Crippen molar-refractivity contribution in [2.45, 2.75) is 10.8 Å². The van der Waals surface area contributed by atoms with Crippen LogP contribution in [0.1, 0.15) is 11.5 Å². The van der Waals surface area contributed by atoms with Crippen LogP contribution in [0.2, 0.25) is 0 Å². The van der Waals surface area contributed by atoms with Crippen LogP contribution in [0, 0.1) is 5.92 Å². The lowest BCUT2D eigenvalue weighted by molar-refractivity contribution is 0.542. The molecule has 4 nitrogen and oxygen atoms in total. The molecule has 1 aliphatic heterocycles. The molecule has 128 valence electrons. The van der Waals surface area contributed by atoms with E-state index in [1.54, 1.807) is 30.6 Å². The first-order valence-corrected chi connectivity index (χ1v) is 10.1. The van der Waals surface area contributed by atoms with Crippen molar-refractivity contribution in [2.24, 2.45) is 5.92 Å². The fraction of sp³-hybridized carbons (Fsp3) is 0.250. The molecule has 1 aromatic heterocycles. The van der Waals surface area contributed by atoms with Crippen molar-refractivity contribution in [3.8, 4) is 0 Å². The molecule has 3 aromatic rings. The van der Waals surface area contributed by atoms with Crippen LogP contribution in [0.5, 0.6) is 0 Å². The molecule has 4 rings (SSSR count). The molecule has 2 aromatic carbocycles. The highest BCUT2D eigenvalue weighted by Gasteiger charge is 2.33. The third kappa shape index (κ3) is 3.17. The zero-order chi connectivity index (χ0) is 17.3. The zero-order valence-electron chi connectivity index (χ0n) is 13.8. The van der Waals surface area contributed by atoms with E-state index in [1.165, 1.54) is 5.56 Å². The Morgan fingerprint density at radius 3 is 2.68 bits per heavy atom. The molecule has 5 heteroatoms. The summed E-state index contributed by atoms with van der Waals surface area (Å²) < 4.78 is 26.3. The van der Waals surface area contributed by atoms with Gasteiger partial charge in [0.1, 0.15) is 0 Å². The van der Waals surface area contributed by atoms with Crippen LogP contribution in [0.4, 0.5) is 0 Å². The van der Waals surface area contributed by atoms with Crippen molar-refractivity contribution in [3.05, 3.63) is 72.6 Å². The van der Waals surface area contributed by atoms with E-state index in [1.807, 2.05) is 24.3 Å². The summed E-state index contributed by atoms with van der Waals surface area (Å²) in [6.07, 6.45) is 3.35. The average Bonchev–Trinajstić information content (AvgIpc) is 3.09. The first-order valence-electron chi connectivity index (χ1n) is 8.46. The van der Waals surface area contributed by atoms with Crippen molar-refractivity contribution in [1.29, 1.82) is 0 Å². The Kier molecular flexibility index (Phi) is 4.27. The van der Waals surface area contributed by atoms with Crippen LogP contribution in [0.3, 0.4) is 0 Å². The summed E-state index contributed by atoms with van der Waals surface area (Å²) in [5.41, 5.74) is 1.20. The standard InChI is InChI=1S/C20H20N2O2S/c23-25(24,20-8-4-7-16-11-21-10-9-18(16)20)14-17-12-22-13-19(17)15-5-2-1-3-6-15/h1-11,17,19,22H,12-14H2. The molecule has 1 fully saturated rings. The van der Waals surface area contributed by atoms with Gasteiger partial charge in [0.2, 0.25) is 0 Å². The van der Waals surface area contributed by atoms with E-state index < -0.39 is 9.84 Å². The fourth-order valence-corrected chi connectivity index (χ4v) is 5.63. The van der Waals surface area contributed by atoms with Crippen molar-refractivity contribution in [1.82, 2.24) is 10.3 Å². The molecule has 2 heterocycles. The highest BCUT2D eigenvalue weighted by Crippen LogP contribution is 2.32. The summed E-state index contributed by atoms with van der Waals surface area (Å²) in [4.78, 5) is 4.49. The van der Waals surface area contributed by atoms with Crippen molar-refractivity contribution < 1.29 is 8.42 Å². The predicted octanol–water partition coefficient (Wildman–Crippen LogP) is 3.01. The number of benzene rings is 2. The summed E-state index contributed by atoms with van der Waals surface area (Å²) in [5.74, 6) is 0.457. The smallest absolute Gasteiger partial charge is 0.179 e. The molecular weight excluding hydrogens is 332 g/mol. The summed E-state index contributed by atoms with van der Waals surface area (Å²) in [7, 11) is -3.38. The predicted molar refractivity (Wildman–Crippen MR) is 99.3 cm³/mol. The topological polar surface area (TPSA) is 59.1 Å². The normalized spacial score (nSPS) is 20.8. The Labute approximate surface area is 147 Å². The van der Waals surface area contributed by atoms with E-state index in [0.717, 1.165) is 23.9 Å². The number of hydrogen-bond acceptors (Lipinski definition) is 4. The van der Waals surface area contributed by atoms with Crippen LogP contribution in [-0.2, 0) is 9.84 Å². The Hall–Kier alpha value is -2.24. The second-order valence-electron chi connectivity index (χ2n) is 6.57. The second-order valence-corrected chi connectivity index (χ2v) is 8.57. The lowest BCUT2D eigenvalue weighted by atomic mass is 9.90. The van der Waals surface area contributed by atoms with E-state index in [2.05, 4.69) is 22.4 Å². The molecule has 0 radical (unpaired) electrons. The van der Waals surface area contributed by atoms with Crippen molar-refractivity contribution >= 4 is 20.6 Å². The third-order valence-electron chi connectivity index (χ3n) is 4.98. The number of rotatable bonds is 4. The molecule has 0 amide bonds. The second kappa shape index (κ2) is 6.58. The monoisotopic (exact) mass is 352 g/mol. The minimum absolute atomic E-state index is 0.0736. The number of nitrogens with one attached hydrogen (secondary N) is 1. The summed E-state index contributed by atoms with van der Waals surface area (Å²) in [6, 6.07) is 17.3. The average molecular weight is 352 g/mol. The van der Waals surface area contributed by atoms with E-state index in [9.17, 15) is 8.42 Å². The Morgan fingerprint density at radius 1 is 1.00 bits per heavy atom. The minimum Gasteiger partial charge on any atom is -0.316 e. The molecule has 25 heavy (non-hydrogen) atoms. The SMILES string of the molecule is O=S(=O)(CC1CNCC1c1ccccc1)c1cccc2cnccc12. The van der Waals surface area contributed by atoms with Gasteiger partial charge in [-0.25, -0.2) is 8.42 Å². The zero-order valence-corrected chi connectivity index (χ0v) is 14.6. The minimum atomic E-state index is -3.38. The molecule has 2 unspecified atom stereocenters. The highest BCUT2D eigenvalue weighted by molar-refractivity contribution is 7.91. The summed E-state index contributed by atoms with van der Waals surface area (Å²) >= 11 is 0. The van der Waals surface area contributed by atoms with Gasteiger partial charge < -0.3 is 5.32 Å². The van der Waals surface area contributed by atoms with Crippen molar-refractivity contribution in [3.63, 3.8) is 0 Å². The number of sulfone groups is 1. The molecule has 1 N–H and O–H groups in total. The van der Waals surface area contributed by atoms with E-state index in [4.69, 9.17) is 0 Å². The van der Waals surface area contributed by atoms with Crippen LogP contribution in [-0.4, -0.2) is 32.2 Å². The van der Waals surface area contributed by atoms with Crippen LogP contribution < -0.4 is 5.32 Å². The van der Waals surface area contributed by atoms with Gasteiger partial charge in [-0.3, -0.25) is 4.98 Å². The lowest BCUT2D eigenvalue weighted by Gasteiger charge is -2.19. The Bertz CT molecular complexity index is 982. The van der Waals surface area contributed by atoms with E-state index in [0.29, 0.717) is 4.90 Å². The molecular formula is C20H20N2O2S. The molecule has 1 saturated heterocycles.